The average Bonchev–Trinajstić information content (AvgIpc) is 2.70. The number of anilines is 1. The van der Waals surface area contributed by atoms with E-state index < -0.39 is 10.0 Å². The maximum Gasteiger partial charge on any atom is 0.251 e. The van der Waals surface area contributed by atoms with Crippen LogP contribution in [0.3, 0.4) is 0 Å². The Morgan fingerprint density at radius 3 is 2.10 bits per heavy atom. The molecule has 3 aromatic rings. The van der Waals surface area contributed by atoms with E-state index >= 15 is 0 Å². The fraction of sp³-hybridized carbons (Fsp3) is 0.208. The Balaban J connectivity index is 1.70. The number of nitrogens with zero attached hydrogens (tertiary/aromatic N) is 1. The minimum atomic E-state index is -3.45. The second-order valence-electron chi connectivity index (χ2n) is 7.48. The van der Waals surface area contributed by atoms with E-state index in [1.165, 1.54) is 10.6 Å². The van der Waals surface area contributed by atoms with Crippen LogP contribution in [0.2, 0.25) is 0 Å². The zero-order valence-corrected chi connectivity index (χ0v) is 18.2. The number of benzene rings is 3. The van der Waals surface area contributed by atoms with Gasteiger partial charge in [0.25, 0.3) is 5.91 Å². The number of hydrogen-bond donors (Lipinski definition) is 1. The summed E-state index contributed by atoms with van der Waals surface area (Å²) in [7, 11) is -3.45. The van der Waals surface area contributed by atoms with Crippen molar-refractivity contribution in [3.05, 3.63) is 101 Å². The van der Waals surface area contributed by atoms with Gasteiger partial charge in [0.05, 0.1) is 18.5 Å². The van der Waals surface area contributed by atoms with Crippen LogP contribution in [0, 0.1) is 13.8 Å². The Bertz CT molecular complexity index is 1140. The Labute approximate surface area is 178 Å². The van der Waals surface area contributed by atoms with Gasteiger partial charge in [-0.1, -0.05) is 54.1 Å². The van der Waals surface area contributed by atoms with E-state index in [2.05, 4.69) is 5.32 Å². The van der Waals surface area contributed by atoms with Crippen LogP contribution in [0.15, 0.2) is 72.8 Å². The van der Waals surface area contributed by atoms with Gasteiger partial charge in [-0.3, -0.25) is 9.10 Å². The Morgan fingerprint density at radius 2 is 1.50 bits per heavy atom. The third kappa shape index (κ3) is 5.70. The van der Waals surface area contributed by atoms with Gasteiger partial charge in [0.1, 0.15) is 0 Å². The first-order valence-electron chi connectivity index (χ1n) is 9.69. The number of carbonyl (C=O) groups is 1. The molecule has 0 unspecified atom stereocenters. The number of amides is 1. The highest BCUT2D eigenvalue weighted by Crippen LogP contribution is 2.22. The predicted octanol–water partition coefficient (Wildman–Crippen LogP) is 4.20. The molecular formula is C24H26N2O3S. The summed E-state index contributed by atoms with van der Waals surface area (Å²) in [6.07, 6.45) is 1.20. The molecule has 0 aliphatic rings. The molecule has 1 N–H and O–H groups in total. The molecule has 0 aliphatic carbocycles. The van der Waals surface area contributed by atoms with Crippen molar-refractivity contribution in [2.24, 2.45) is 0 Å². The van der Waals surface area contributed by atoms with E-state index in [9.17, 15) is 13.2 Å². The summed E-state index contributed by atoms with van der Waals surface area (Å²) >= 11 is 0. The largest absolute Gasteiger partial charge is 0.348 e. The molecule has 6 heteroatoms. The van der Waals surface area contributed by atoms with Gasteiger partial charge in [0, 0.05) is 12.1 Å². The number of aryl methyl sites for hydroxylation is 2. The maximum atomic E-state index is 12.4. The molecule has 1 amide bonds. The lowest BCUT2D eigenvalue weighted by Gasteiger charge is -2.23. The first-order valence-corrected chi connectivity index (χ1v) is 11.5. The summed E-state index contributed by atoms with van der Waals surface area (Å²) in [6.45, 7) is 4.60. The minimum Gasteiger partial charge on any atom is -0.348 e. The molecule has 0 fully saturated rings. The molecular weight excluding hydrogens is 396 g/mol. The highest BCUT2D eigenvalue weighted by Gasteiger charge is 2.18. The average molecular weight is 423 g/mol. The number of hydrogen-bond acceptors (Lipinski definition) is 3. The second kappa shape index (κ2) is 9.13. The zero-order valence-electron chi connectivity index (χ0n) is 17.4. The Kier molecular flexibility index (Phi) is 6.57. The molecule has 0 radical (unpaired) electrons. The SMILES string of the molecule is Cc1cccc(CNC(=O)c2ccc(CN(c3cccc(C)c3)S(C)(=O)=O)cc2)c1. The molecule has 5 nitrogen and oxygen atoms in total. The number of sulfonamides is 1. The van der Waals surface area contributed by atoms with Crippen LogP contribution in [-0.4, -0.2) is 20.6 Å². The summed E-state index contributed by atoms with van der Waals surface area (Å²) < 4.78 is 26.0. The van der Waals surface area contributed by atoms with Crippen molar-refractivity contribution in [3.8, 4) is 0 Å². The van der Waals surface area contributed by atoms with Gasteiger partial charge in [-0.25, -0.2) is 8.42 Å². The standard InChI is InChI=1S/C24H26N2O3S/c1-18-6-4-8-21(14-18)16-25-24(27)22-12-10-20(11-13-22)17-26(30(3,28)29)23-9-5-7-19(2)15-23/h4-15H,16-17H2,1-3H3,(H,25,27). The molecule has 156 valence electrons. The van der Waals surface area contributed by atoms with E-state index in [0.717, 1.165) is 22.3 Å². The van der Waals surface area contributed by atoms with Crippen LogP contribution in [0.25, 0.3) is 0 Å². The second-order valence-corrected chi connectivity index (χ2v) is 9.38. The van der Waals surface area contributed by atoms with Crippen LogP contribution in [0.1, 0.15) is 32.6 Å². The first-order chi connectivity index (χ1) is 14.2. The number of nitrogens with one attached hydrogen (secondary N) is 1. The molecule has 0 aromatic heterocycles. The molecule has 3 aromatic carbocycles. The molecule has 0 bridgehead atoms. The summed E-state index contributed by atoms with van der Waals surface area (Å²) in [5.74, 6) is -0.165. The Hall–Kier alpha value is -3.12. The van der Waals surface area contributed by atoms with Crippen LogP contribution in [-0.2, 0) is 23.1 Å². The molecule has 30 heavy (non-hydrogen) atoms. The minimum absolute atomic E-state index is 0.165. The van der Waals surface area contributed by atoms with E-state index in [4.69, 9.17) is 0 Å². The summed E-state index contributed by atoms with van der Waals surface area (Å²) in [5.41, 5.74) is 5.14. The van der Waals surface area contributed by atoms with E-state index in [1.807, 2.05) is 56.3 Å². The third-order valence-electron chi connectivity index (χ3n) is 4.77. The van der Waals surface area contributed by atoms with Crippen molar-refractivity contribution in [2.45, 2.75) is 26.9 Å². The van der Waals surface area contributed by atoms with Gasteiger partial charge in [-0.05, 0) is 54.8 Å². The summed E-state index contributed by atoms with van der Waals surface area (Å²) in [4.78, 5) is 12.4. The Morgan fingerprint density at radius 1 is 0.867 bits per heavy atom. The van der Waals surface area contributed by atoms with E-state index in [1.54, 1.807) is 30.3 Å². The quantitative estimate of drug-likeness (QED) is 0.621. The lowest BCUT2D eigenvalue weighted by atomic mass is 10.1. The number of rotatable bonds is 7. The first kappa shape index (κ1) is 21.6. The van der Waals surface area contributed by atoms with Gasteiger partial charge in [0.2, 0.25) is 10.0 Å². The third-order valence-corrected chi connectivity index (χ3v) is 5.91. The highest BCUT2D eigenvalue weighted by atomic mass is 32.2. The topological polar surface area (TPSA) is 66.5 Å². The fourth-order valence-corrected chi connectivity index (χ4v) is 4.10. The van der Waals surface area contributed by atoms with Gasteiger partial charge < -0.3 is 5.32 Å². The van der Waals surface area contributed by atoms with Crippen molar-refractivity contribution in [2.75, 3.05) is 10.6 Å². The van der Waals surface area contributed by atoms with Crippen molar-refractivity contribution < 1.29 is 13.2 Å². The molecule has 0 saturated heterocycles. The van der Waals surface area contributed by atoms with Gasteiger partial charge in [-0.15, -0.1) is 0 Å². The monoisotopic (exact) mass is 422 g/mol. The lowest BCUT2D eigenvalue weighted by Crippen LogP contribution is -2.29. The van der Waals surface area contributed by atoms with Crippen LogP contribution in [0.5, 0.6) is 0 Å². The van der Waals surface area contributed by atoms with Crippen LogP contribution >= 0.6 is 0 Å². The molecule has 0 aliphatic heterocycles. The highest BCUT2D eigenvalue weighted by molar-refractivity contribution is 7.92. The van der Waals surface area contributed by atoms with Crippen molar-refractivity contribution in [3.63, 3.8) is 0 Å². The molecule has 0 atom stereocenters. The normalized spacial score (nSPS) is 11.2. The van der Waals surface area contributed by atoms with Gasteiger partial charge >= 0.3 is 0 Å². The lowest BCUT2D eigenvalue weighted by molar-refractivity contribution is 0.0951. The van der Waals surface area contributed by atoms with E-state index in [0.29, 0.717) is 17.8 Å². The summed E-state index contributed by atoms with van der Waals surface area (Å²) in [5, 5.41) is 2.91. The van der Waals surface area contributed by atoms with Crippen molar-refractivity contribution in [1.82, 2.24) is 5.32 Å². The van der Waals surface area contributed by atoms with Crippen LogP contribution < -0.4 is 9.62 Å². The smallest absolute Gasteiger partial charge is 0.251 e. The fourth-order valence-electron chi connectivity index (χ4n) is 3.22. The van der Waals surface area contributed by atoms with Crippen molar-refractivity contribution >= 4 is 21.6 Å². The molecule has 0 saturated carbocycles. The van der Waals surface area contributed by atoms with Gasteiger partial charge in [0.15, 0.2) is 0 Å². The van der Waals surface area contributed by atoms with E-state index in [-0.39, 0.29) is 12.5 Å². The molecule has 3 rings (SSSR count). The van der Waals surface area contributed by atoms with Crippen molar-refractivity contribution in [1.29, 1.82) is 0 Å². The molecule has 0 spiro atoms. The maximum absolute atomic E-state index is 12.4. The summed E-state index contributed by atoms with van der Waals surface area (Å²) in [6, 6.07) is 22.4. The molecule has 0 heterocycles. The zero-order chi connectivity index (χ0) is 21.7. The van der Waals surface area contributed by atoms with Gasteiger partial charge in [-0.2, -0.15) is 0 Å². The van der Waals surface area contributed by atoms with Crippen LogP contribution in [0.4, 0.5) is 5.69 Å². The predicted molar refractivity (Wildman–Crippen MR) is 121 cm³/mol. The number of carbonyl (C=O) groups excluding carboxylic acids is 1.